The lowest BCUT2D eigenvalue weighted by molar-refractivity contribution is 0.0692. The Morgan fingerprint density at radius 2 is 2.43 bits per heavy atom. The van der Waals surface area contributed by atoms with Crippen LogP contribution in [0.25, 0.3) is 10.7 Å². The Morgan fingerprint density at radius 3 is 3.00 bits per heavy atom. The van der Waals surface area contributed by atoms with Crippen LogP contribution >= 0.6 is 11.3 Å². The van der Waals surface area contributed by atoms with Gasteiger partial charge in [0.15, 0.2) is 11.5 Å². The summed E-state index contributed by atoms with van der Waals surface area (Å²) in [7, 11) is 1.75. The Kier molecular flexibility index (Phi) is 2.01. The van der Waals surface area contributed by atoms with Gasteiger partial charge in [-0.1, -0.05) is 0 Å². The minimum atomic E-state index is -1.05. The van der Waals surface area contributed by atoms with Crippen LogP contribution in [0.2, 0.25) is 0 Å². The summed E-state index contributed by atoms with van der Waals surface area (Å²) in [5.41, 5.74) is 1.50. The first-order chi connectivity index (χ1) is 6.70. The molecule has 0 unspecified atom stereocenters. The van der Waals surface area contributed by atoms with Crippen molar-refractivity contribution in [3.63, 3.8) is 0 Å². The fourth-order valence-corrected chi connectivity index (χ4v) is 1.85. The molecule has 0 aliphatic rings. The second-order valence-corrected chi connectivity index (χ2v) is 3.46. The minimum absolute atomic E-state index is 0.0195. The van der Waals surface area contributed by atoms with E-state index in [4.69, 9.17) is 5.11 Å². The summed E-state index contributed by atoms with van der Waals surface area (Å²) in [6.45, 7) is 0. The van der Waals surface area contributed by atoms with Gasteiger partial charge in [0, 0.05) is 7.05 Å². The maximum Gasteiger partial charge on any atom is 0.356 e. The average Bonchev–Trinajstić information content (AvgIpc) is 2.70. The zero-order chi connectivity index (χ0) is 10.1. The molecule has 1 N–H and O–H groups in total. The van der Waals surface area contributed by atoms with Gasteiger partial charge in [-0.25, -0.2) is 9.78 Å². The monoisotopic (exact) mass is 210 g/mol. The third-order valence-electron chi connectivity index (χ3n) is 1.68. The Hall–Kier alpha value is -1.76. The van der Waals surface area contributed by atoms with Crippen LogP contribution < -0.4 is 0 Å². The predicted octanol–water partition coefficient (Wildman–Crippen LogP) is 0.637. The standard InChI is InChI=1S/C7H6N4O2S/c1-11-2-9-10-6(11)5-4(7(12)13)8-3-14-5/h2-3H,1H3,(H,12,13). The second-order valence-electron chi connectivity index (χ2n) is 2.60. The van der Waals surface area contributed by atoms with Gasteiger partial charge in [0.2, 0.25) is 0 Å². The van der Waals surface area contributed by atoms with Crippen molar-refractivity contribution >= 4 is 17.3 Å². The third kappa shape index (κ3) is 1.27. The highest BCUT2D eigenvalue weighted by Crippen LogP contribution is 2.24. The van der Waals surface area contributed by atoms with Crippen LogP contribution in [0.5, 0.6) is 0 Å². The van der Waals surface area contributed by atoms with Crippen LogP contribution in [0.1, 0.15) is 10.5 Å². The van der Waals surface area contributed by atoms with E-state index in [1.165, 1.54) is 23.2 Å². The van der Waals surface area contributed by atoms with Gasteiger partial charge in [-0.05, 0) is 0 Å². The summed E-state index contributed by atoms with van der Waals surface area (Å²) in [6.07, 6.45) is 1.51. The van der Waals surface area contributed by atoms with Crippen LogP contribution in [0.4, 0.5) is 0 Å². The number of thiazole rings is 1. The predicted molar refractivity (Wildman–Crippen MR) is 49.1 cm³/mol. The molecule has 0 amide bonds. The van der Waals surface area contributed by atoms with Crippen molar-refractivity contribution in [1.82, 2.24) is 19.7 Å². The van der Waals surface area contributed by atoms with E-state index in [9.17, 15) is 4.79 Å². The molecule has 14 heavy (non-hydrogen) atoms. The largest absolute Gasteiger partial charge is 0.476 e. The van der Waals surface area contributed by atoms with E-state index >= 15 is 0 Å². The lowest BCUT2D eigenvalue weighted by Gasteiger charge is -1.96. The molecule has 0 atom stereocenters. The number of hydrogen-bond donors (Lipinski definition) is 1. The molecule has 2 heterocycles. The molecule has 0 saturated carbocycles. The molecule has 72 valence electrons. The number of aryl methyl sites for hydroxylation is 1. The first-order valence-electron chi connectivity index (χ1n) is 3.71. The van der Waals surface area contributed by atoms with Crippen molar-refractivity contribution in [3.05, 3.63) is 17.5 Å². The molecular weight excluding hydrogens is 204 g/mol. The van der Waals surface area contributed by atoms with Gasteiger partial charge in [-0.3, -0.25) is 0 Å². The van der Waals surface area contributed by atoms with E-state index in [-0.39, 0.29) is 5.69 Å². The number of aromatic carboxylic acids is 1. The molecular formula is C7H6N4O2S. The van der Waals surface area contributed by atoms with Gasteiger partial charge in [0.05, 0.1) is 5.51 Å². The van der Waals surface area contributed by atoms with Crippen LogP contribution in [0.15, 0.2) is 11.8 Å². The van der Waals surface area contributed by atoms with Crippen LogP contribution in [0, 0.1) is 0 Å². The smallest absolute Gasteiger partial charge is 0.356 e. The third-order valence-corrected chi connectivity index (χ3v) is 2.51. The van der Waals surface area contributed by atoms with Crippen LogP contribution in [0.3, 0.4) is 0 Å². The Balaban J connectivity index is 2.57. The fourth-order valence-electron chi connectivity index (χ4n) is 1.05. The molecule has 7 heteroatoms. The summed E-state index contributed by atoms with van der Waals surface area (Å²) in [5, 5.41) is 16.3. The second kappa shape index (κ2) is 3.18. The first kappa shape index (κ1) is 8.82. The molecule has 0 fully saturated rings. The fraction of sp³-hybridized carbons (Fsp3) is 0.143. The molecule has 0 saturated heterocycles. The van der Waals surface area contributed by atoms with Crippen molar-refractivity contribution < 1.29 is 9.90 Å². The number of aromatic nitrogens is 4. The highest BCUT2D eigenvalue weighted by molar-refractivity contribution is 7.13. The maximum atomic E-state index is 10.8. The van der Waals surface area contributed by atoms with Gasteiger partial charge in [-0.15, -0.1) is 21.5 Å². The molecule has 0 radical (unpaired) electrons. The number of rotatable bonds is 2. The molecule has 6 nitrogen and oxygen atoms in total. The lowest BCUT2D eigenvalue weighted by Crippen LogP contribution is -2.00. The van der Waals surface area contributed by atoms with Crippen molar-refractivity contribution in [2.75, 3.05) is 0 Å². The van der Waals surface area contributed by atoms with E-state index in [2.05, 4.69) is 15.2 Å². The molecule has 2 rings (SSSR count). The van der Waals surface area contributed by atoms with Crippen molar-refractivity contribution in [1.29, 1.82) is 0 Å². The first-order valence-corrected chi connectivity index (χ1v) is 4.59. The Labute approximate surface area is 82.9 Å². The zero-order valence-corrected chi connectivity index (χ0v) is 8.02. The van der Waals surface area contributed by atoms with Gasteiger partial charge >= 0.3 is 5.97 Å². The molecule has 2 aromatic rings. The maximum absolute atomic E-state index is 10.8. The lowest BCUT2D eigenvalue weighted by atomic mass is 10.3. The van der Waals surface area contributed by atoms with Gasteiger partial charge in [0.1, 0.15) is 11.2 Å². The Bertz CT molecular complexity index is 475. The van der Waals surface area contributed by atoms with Crippen molar-refractivity contribution in [3.8, 4) is 10.7 Å². The van der Waals surface area contributed by atoms with E-state index in [0.717, 1.165) is 0 Å². The molecule has 0 aliphatic heterocycles. The summed E-state index contributed by atoms with van der Waals surface area (Å²) in [6, 6.07) is 0. The number of carboxylic acids is 1. The average molecular weight is 210 g/mol. The summed E-state index contributed by atoms with van der Waals surface area (Å²) in [4.78, 5) is 15.1. The van der Waals surface area contributed by atoms with Crippen LogP contribution in [-0.4, -0.2) is 30.8 Å². The molecule has 0 aliphatic carbocycles. The summed E-state index contributed by atoms with van der Waals surface area (Å²) >= 11 is 1.23. The topological polar surface area (TPSA) is 80.9 Å². The van der Waals surface area contributed by atoms with E-state index in [0.29, 0.717) is 10.7 Å². The zero-order valence-electron chi connectivity index (χ0n) is 7.21. The van der Waals surface area contributed by atoms with E-state index in [1.807, 2.05) is 0 Å². The molecule has 0 aromatic carbocycles. The highest BCUT2D eigenvalue weighted by Gasteiger charge is 2.18. The number of nitrogens with zero attached hydrogens (tertiary/aromatic N) is 4. The summed E-state index contributed by atoms with van der Waals surface area (Å²) < 4.78 is 1.65. The van der Waals surface area contributed by atoms with Crippen LogP contribution in [-0.2, 0) is 7.05 Å². The van der Waals surface area contributed by atoms with Crippen molar-refractivity contribution in [2.24, 2.45) is 7.05 Å². The normalized spacial score (nSPS) is 10.4. The SMILES string of the molecule is Cn1cnnc1-c1scnc1C(=O)O. The quantitative estimate of drug-likeness (QED) is 0.786. The molecule has 0 bridgehead atoms. The number of carboxylic acid groups (broad SMARTS) is 1. The van der Waals surface area contributed by atoms with Crippen molar-refractivity contribution in [2.45, 2.75) is 0 Å². The minimum Gasteiger partial charge on any atom is -0.476 e. The number of carbonyl (C=O) groups is 1. The number of hydrogen-bond acceptors (Lipinski definition) is 5. The highest BCUT2D eigenvalue weighted by atomic mass is 32.1. The Morgan fingerprint density at radius 1 is 1.64 bits per heavy atom. The molecule has 0 spiro atoms. The molecule has 2 aromatic heterocycles. The van der Waals surface area contributed by atoms with E-state index < -0.39 is 5.97 Å². The van der Waals surface area contributed by atoms with E-state index in [1.54, 1.807) is 11.6 Å². The van der Waals surface area contributed by atoms with Gasteiger partial charge in [-0.2, -0.15) is 0 Å². The van der Waals surface area contributed by atoms with Gasteiger partial charge in [0.25, 0.3) is 0 Å². The van der Waals surface area contributed by atoms with Gasteiger partial charge < -0.3 is 9.67 Å². The summed E-state index contributed by atoms with van der Waals surface area (Å²) in [5.74, 6) is -0.533.